The van der Waals surface area contributed by atoms with Crippen LogP contribution in [0.5, 0.6) is 0 Å². The fraction of sp³-hybridized carbons (Fsp3) is 0.524. The van der Waals surface area contributed by atoms with E-state index in [1.165, 1.54) is 34.9 Å². The number of benzene rings is 2. The van der Waals surface area contributed by atoms with E-state index in [0.29, 0.717) is 61.4 Å². The molecule has 17 nitrogen and oxygen atoms in total. The third kappa shape index (κ3) is 10.5. The zero-order valence-electron chi connectivity index (χ0n) is 34.6. The van der Waals surface area contributed by atoms with Crippen LogP contribution in [-0.4, -0.2) is 133 Å². The lowest BCUT2D eigenvalue weighted by molar-refractivity contribution is -0.152. The van der Waals surface area contributed by atoms with Crippen LogP contribution in [0, 0.1) is 17.6 Å². The quantitative estimate of drug-likeness (QED) is 0.148. The van der Waals surface area contributed by atoms with Crippen LogP contribution in [-0.2, 0) is 35.2 Å². The number of hydrogen-bond donors (Lipinski definition) is 6. The first-order chi connectivity index (χ1) is 29.0. The normalized spacial score (nSPS) is 22.2. The summed E-state index contributed by atoms with van der Waals surface area (Å²) < 4.78 is 28.4. The predicted molar refractivity (Wildman–Crippen MR) is 217 cm³/mol. The zero-order valence-corrected chi connectivity index (χ0v) is 34.6. The van der Waals surface area contributed by atoms with E-state index in [1.807, 2.05) is 6.92 Å². The van der Waals surface area contributed by atoms with Gasteiger partial charge in [0.1, 0.15) is 41.8 Å². The fourth-order valence-electron chi connectivity index (χ4n) is 8.58. The highest BCUT2D eigenvalue weighted by atomic mass is 19.1. The van der Waals surface area contributed by atoms with E-state index >= 15 is 0 Å². The molecule has 1 aromatic heterocycles. The first-order valence-electron chi connectivity index (χ1n) is 20.7. The highest BCUT2D eigenvalue weighted by molar-refractivity contribution is 5.99. The smallest absolute Gasteiger partial charge is 0.319 e. The van der Waals surface area contributed by atoms with Crippen LogP contribution >= 0.6 is 0 Å². The second-order valence-corrected chi connectivity index (χ2v) is 16.4. The summed E-state index contributed by atoms with van der Waals surface area (Å²) in [6.45, 7) is 6.91. The minimum absolute atomic E-state index is 0.0201. The second-order valence-electron chi connectivity index (χ2n) is 16.4. The number of aromatic nitrogens is 2. The van der Waals surface area contributed by atoms with Gasteiger partial charge in [0, 0.05) is 37.8 Å². The maximum absolute atomic E-state index is 14.3. The number of aliphatic hydroxyl groups is 1. The molecule has 19 heteroatoms. The Morgan fingerprint density at radius 1 is 0.852 bits per heavy atom. The highest BCUT2D eigenvalue weighted by Gasteiger charge is 2.45. The van der Waals surface area contributed by atoms with Crippen LogP contribution in [0.25, 0.3) is 11.0 Å². The Kier molecular flexibility index (Phi) is 14.0. The van der Waals surface area contributed by atoms with Gasteiger partial charge in [-0.05, 0) is 101 Å². The number of ketones is 1. The van der Waals surface area contributed by atoms with Crippen molar-refractivity contribution in [2.45, 2.75) is 115 Å². The number of likely N-dealkylation sites (tertiary alicyclic amines) is 3. The van der Waals surface area contributed by atoms with Crippen molar-refractivity contribution < 1.29 is 47.4 Å². The first kappa shape index (κ1) is 44.6. The van der Waals surface area contributed by atoms with Gasteiger partial charge in [-0.15, -0.1) is 0 Å². The number of nitrogens with one attached hydrogen (secondary N) is 5. The number of carbonyl (C=O) groups excluding carboxylic acids is 7. The Morgan fingerprint density at radius 3 is 2.26 bits per heavy atom. The molecular formula is C42H53F2N9O8. The number of H-pyrrole nitrogens is 1. The number of piperidine rings is 1. The van der Waals surface area contributed by atoms with Crippen molar-refractivity contribution >= 4 is 58.1 Å². The van der Waals surface area contributed by atoms with E-state index in [4.69, 9.17) is 0 Å². The van der Waals surface area contributed by atoms with Crippen molar-refractivity contribution in [2.75, 3.05) is 25.0 Å². The summed E-state index contributed by atoms with van der Waals surface area (Å²) in [5.41, 5.74) is 1.62. The molecule has 0 spiro atoms. The van der Waals surface area contributed by atoms with Crippen LogP contribution in [0.3, 0.4) is 0 Å². The van der Waals surface area contributed by atoms with Gasteiger partial charge in [0.15, 0.2) is 5.78 Å². The van der Waals surface area contributed by atoms with E-state index < -0.39 is 96.0 Å². The van der Waals surface area contributed by atoms with Gasteiger partial charge in [-0.25, -0.2) is 18.6 Å². The van der Waals surface area contributed by atoms with Gasteiger partial charge in [-0.2, -0.15) is 0 Å². The number of nitrogens with zero attached hydrogens (tertiary/aromatic N) is 4. The minimum atomic E-state index is -1.61. The Morgan fingerprint density at radius 2 is 1.56 bits per heavy atom. The van der Waals surface area contributed by atoms with Crippen LogP contribution in [0.15, 0.2) is 42.7 Å². The van der Waals surface area contributed by atoms with E-state index in [2.05, 4.69) is 31.2 Å². The number of hydrogen-bond acceptors (Lipinski definition) is 9. The van der Waals surface area contributed by atoms with Crippen LogP contribution in [0.1, 0.15) is 71.8 Å². The number of urea groups is 1. The lowest BCUT2D eigenvalue weighted by atomic mass is 9.99. The van der Waals surface area contributed by atoms with Crippen molar-refractivity contribution in [2.24, 2.45) is 5.92 Å². The molecule has 328 valence electrons. The molecule has 0 unspecified atom stereocenters. The Labute approximate surface area is 351 Å². The molecule has 3 aliphatic rings. The summed E-state index contributed by atoms with van der Waals surface area (Å²) in [5.74, 6) is -5.00. The SMILES string of the molecule is CC(=O)[C@@H]1C[C@@H](C)CN1C(=O)[C@H](C)NC(=O)[C@@H]1CCCCN1C(=O)[C@@H]1CCCN1C(=O)[C@@H](NC(=O)[C@H](Cc1cc(F)cc(F)c1)NC(=O)Nc1ccc2nc[nH]c2c1)[C@H](C)O. The zero-order chi connectivity index (χ0) is 44.1. The third-order valence-corrected chi connectivity index (χ3v) is 11.6. The van der Waals surface area contributed by atoms with Crippen molar-refractivity contribution in [1.82, 2.24) is 40.6 Å². The molecule has 3 saturated heterocycles. The number of halogens is 2. The van der Waals surface area contributed by atoms with Gasteiger partial charge in [0.2, 0.25) is 29.5 Å². The lowest BCUT2D eigenvalue weighted by Crippen LogP contribution is -2.62. The molecule has 2 aromatic carbocycles. The summed E-state index contributed by atoms with van der Waals surface area (Å²) in [6.07, 6.45) is 2.31. The molecule has 3 aromatic rings. The van der Waals surface area contributed by atoms with E-state index in [0.717, 1.165) is 12.1 Å². The Balaban J connectivity index is 1.14. The van der Waals surface area contributed by atoms with Gasteiger partial charge in [-0.3, -0.25) is 28.8 Å². The van der Waals surface area contributed by atoms with Crippen LogP contribution in [0.2, 0.25) is 0 Å². The number of rotatable bonds is 13. The van der Waals surface area contributed by atoms with E-state index in [1.54, 1.807) is 25.1 Å². The highest BCUT2D eigenvalue weighted by Crippen LogP contribution is 2.27. The molecule has 6 N–H and O–H groups in total. The molecule has 7 amide bonds. The Bertz CT molecular complexity index is 2150. The van der Waals surface area contributed by atoms with Gasteiger partial charge in [0.25, 0.3) is 0 Å². The van der Waals surface area contributed by atoms with Gasteiger partial charge in [0.05, 0.1) is 29.5 Å². The number of Topliss-reactive ketones (excluding diaryl/α,β-unsaturated/α-hetero) is 1. The molecule has 0 aliphatic carbocycles. The molecule has 0 saturated carbocycles. The van der Waals surface area contributed by atoms with Crippen molar-refractivity contribution in [1.29, 1.82) is 0 Å². The van der Waals surface area contributed by atoms with Crippen molar-refractivity contribution in [3.05, 3.63) is 59.9 Å². The van der Waals surface area contributed by atoms with Crippen LogP contribution < -0.4 is 21.3 Å². The standard InChI is InChI=1S/C42H53F2N9O8/c1-22-14-35(24(3)54)53(20-22)39(58)23(2)47-38(57)33-8-5-6-12-51(33)40(59)34-9-7-13-52(34)41(60)36(25(4)55)50-37(56)32(17-26-15-27(43)18-28(44)16-26)49-42(61)48-29-10-11-30-31(19-29)46-21-45-30/h10-11,15-16,18-19,21-23,25,32-36,55H,5-9,12-14,17,20H2,1-4H3,(H,45,46)(H,47,57)(H,50,56)(H2,48,49,61)/t22-,23+,25+,32+,33+,34+,35+,36+/m1/s1. The number of imidazole rings is 1. The number of carbonyl (C=O) groups is 7. The maximum atomic E-state index is 14.3. The Hall–Kier alpha value is -5.98. The van der Waals surface area contributed by atoms with Crippen molar-refractivity contribution in [3.8, 4) is 0 Å². The molecule has 3 fully saturated rings. The lowest BCUT2D eigenvalue weighted by Gasteiger charge is -2.39. The topological polar surface area (TPSA) is 226 Å². The number of amides is 7. The molecular weight excluding hydrogens is 797 g/mol. The van der Waals surface area contributed by atoms with Gasteiger partial charge < -0.3 is 46.1 Å². The largest absolute Gasteiger partial charge is 0.391 e. The summed E-state index contributed by atoms with van der Waals surface area (Å²) in [7, 11) is 0. The number of fused-ring (bicyclic) bond motifs is 1. The summed E-state index contributed by atoms with van der Waals surface area (Å²) >= 11 is 0. The average Bonchev–Trinajstić information content (AvgIpc) is 3.98. The first-order valence-corrected chi connectivity index (χ1v) is 20.7. The van der Waals surface area contributed by atoms with E-state index in [-0.39, 0.29) is 36.8 Å². The van der Waals surface area contributed by atoms with Gasteiger partial charge in [-0.1, -0.05) is 6.92 Å². The third-order valence-electron chi connectivity index (χ3n) is 11.6. The molecule has 61 heavy (non-hydrogen) atoms. The number of aliphatic hydroxyl groups excluding tert-OH is 1. The van der Waals surface area contributed by atoms with Crippen molar-refractivity contribution in [3.63, 3.8) is 0 Å². The second kappa shape index (κ2) is 19.2. The fourth-order valence-corrected chi connectivity index (χ4v) is 8.58. The molecule has 8 atom stereocenters. The van der Waals surface area contributed by atoms with E-state index in [9.17, 15) is 47.4 Å². The molecule has 6 rings (SSSR count). The predicted octanol–water partition coefficient (Wildman–Crippen LogP) is 2.14. The molecule has 3 aliphatic heterocycles. The monoisotopic (exact) mass is 849 g/mol. The summed E-state index contributed by atoms with van der Waals surface area (Å²) in [4.78, 5) is 106. The average molecular weight is 850 g/mol. The minimum Gasteiger partial charge on any atom is -0.391 e. The van der Waals surface area contributed by atoms with Gasteiger partial charge >= 0.3 is 6.03 Å². The number of aromatic amines is 1. The maximum Gasteiger partial charge on any atom is 0.319 e. The van der Waals surface area contributed by atoms with Crippen LogP contribution in [0.4, 0.5) is 19.3 Å². The molecule has 4 heterocycles. The summed E-state index contributed by atoms with van der Waals surface area (Å²) in [6, 6.07) is 0.0131. The summed E-state index contributed by atoms with van der Waals surface area (Å²) in [5, 5.41) is 21.2. The molecule has 0 radical (unpaired) electrons. The number of anilines is 1. The molecule has 0 bridgehead atoms.